The Bertz CT molecular complexity index is 2230. The average Bonchev–Trinajstić information content (AvgIpc) is 3.66. The van der Waals surface area contributed by atoms with Crippen molar-refractivity contribution in [2.24, 2.45) is 5.73 Å². The zero-order valence-corrected chi connectivity index (χ0v) is 25.7. The fourth-order valence-electron chi connectivity index (χ4n) is 8.57. The Labute approximate surface area is 259 Å². The first-order chi connectivity index (χ1) is 21.9. The number of hydrogen-bond acceptors (Lipinski definition) is 6. The Hall–Kier alpha value is -4.57. The molecular weight excluding hydrogens is 568 g/mol. The van der Waals surface area contributed by atoms with E-state index >= 15 is 0 Å². The molecular formula is C36H34N4O5. The number of ether oxygens (including phenoxy) is 4. The minimum Gasteiger partial charge on any atom is -0.493 e. The number of aromatic nitrogens is 2. The van der Waals surface area contributed by atoms with Gasteiger partial charge in [0.2, 0.25) is 0 Å². The van der Waals surface area contributed by atoms with Crippen molar-refractivity contribution in [3.63, 3.8) is 0 Å². The molecule has 6 aromatic rings. The van der Waals surface area contributed by atoms with E-state index in [1.807, 2.05) is 35.2 Å². The molecule has 1 amide bonds. The Kier molecular flexibility index (Phi) is 5.50. The number of carbonyl (C=O) groups is 1. The number of nitrogens with two attached hydrogens (primary N) is 1. The molecule has 4 atom stereocenters. The molecule has 4 aromatic carbocycles. The number of benzene rings is 4. The van der Waals surface area contributed by atoms with Gasteiger partial charge in [-0.15, -0.1) is 0 Å². The summed E-state index contributed by atoms with van der Waals surface area (Å²) < 4.78 is 28.9. The van der Waals surface area contributed by atoms with Crippen LogP contribution in [0.5, 0.6) is 11.5 Å². The van der Waals surface area contributed by atoms with Gasteiger partial charge in [-0.2, -0.15) is 0 Å². The number of para-hydroxylation sites is 2. The van der Waals surface area contributed by atoms with Crippen LogP contribution in [-0.2, 0) is 28.3 Å². The Morgan fingerprint density at radius 1 is 0.911 bits per heavy atom. The summed E-state index contributed by atoms with van der Waals surface area (Å²) in [6, 6.07) is 22.3. The molecule has 3 aliphatic heterocycles. The number of hydrogen-bond donors (Lipinski definition) is 1. The van der Waals surface area contributed by atoms with Gasteiger partial charge in [0.25, 0.3) is 5.91 Å². The topological polar surface area (TPSA) is 93.1 Å². The third-order valence-corrected chi connectivity index (χ3v) is 10.3. The van der Waals surface area contributed by atoms with E-state index in [9.17, 15) is 4.79 Å². The van der Waals surface area contributed by atoms with Gasteiger partial charge in [-0.3, -0.25) is 4.79 Å². The Morgan fingerprint density at radius 3 is 2.36 bits per heavy atom. The molecule has 0 unspecified atom stereocenters. The van der Waals surface area contributed by atoms with Gasteiger partial charge < -0.3 is 38.7 Å². The van der Waals surface area contributed by atoms with Gasteiger partial charge in [0.05, 0.1) is 41.8 Å². The largest absolute Gasteiger partial charge is 0.493 e. The van der Waals surface area contributed by atoms with Gasteiger partial charge in [0.15, 0.2) is 17.2 Å². The van der Waals surface area contributed by atoms with Gasteiger partial charge in [-0.1, -0.05) is 42.5 Å². The first-order valence-corrected chi connectivity index (χ1v) is 15.4. The first kappa shape index (κ1) is 26.8. The lowest BCUT2D eigenvalue weighted by Gasteiger charge is -2.47. The highest BCUT2D eigenvalue weighted by atomic mass is 16.6. The van der Waals surface area contributed by atoms with Gasteiger partial charge in [-0.25, -0.2) is 0 Å². The molecule has 3 aliphatic rings. The number of nitrogens with zero attached hydrogens (tertiary/aromatic N) is 3. The highest BCUT2D eigenvalue weighted by Crippen LogP contribution is 2.54. The fraction of sp³-hybridized carbons (Fsp3) is 0.306. The third-order valence-electron chi connectivity index (χ3n) is 10.3. The van der Waals surface area contributed by atoms with E-state index in [2.05, 4.69) is 52.5 Å². The predicted octanol–water partition coefficient (Wildman–Crippen LogP) is 6.02. The van der Waals surface area contributed by atoms with Crippen LogP contribution in [0.25, 0.3) is 43.6 Å². The molecule has 9 nitrogen and oxygen atoms in total. The molecule has 9 heteroatoms. The van der Waals surface area contributed by atoms with Crippen LogP contribution in [0.1, 0.15) is 41.1 Å². The zero-order chi connectivity index (χ0) is 30.8. The van der Waals surface area contributed by atoms with Crippen molar-refractivity contribution in [3.05, 3.63) is 83.4 Å². The highest BCUT2D eigenvalue weighted by molar-refractivity contribution is 6.31. The molecule has 9 rings (SSSR count). The lowest BCUT2D eigenvalue weighted by Crippen LogP contribution is -2.59. The van der Waals surface area contributed by atoms with Gasteiger partial charge in [0, 0.05) is 54.2 Å². The second-order valence-corrected chi connectivity index (χ2v) is 12.6. The molecule has 1 saturated heterocycles. The van der Waals surface area contributed by atoms with Gasteiger partial charge >= 0.3 is 0 Å². The summed E-state index contributed by atoms with van der Waals surface area (Å²) in [6.07, 6.45) is -0.129. The zero-order valence-electron chi connectivity index (χ0n) is 25.7. The van der Waals surface area contributed by atoms with Crippen LogP contribution in [0, 0.1) is 0 Å². The van der Waals surface area contributed by atoms with Crippen LogP contribution in [0.3, 0.4) is 0 Å². The minimum absolute atomic E-state index is 0.0206. The predicted molar refractivity (Wildman–Crippen MR) is 173 cm³/mol. The molecule has 2 N–H and O–H groups in total. The van der Waals surface area contributed by atoms with E-state index in [1.165, 1.54) is 0 Å². The lowest BCUT2D eigenvalue weighted by atomic mass is 9.93. The quantitative estimate of drug-likeness (QED) is 0.259. The van der Waals surface area contributed by atoms with E-state index in [1.54, 1.807) is 21.3 Å². The number of rotatable bonds is 5. The normalized spacial score (nSPS) is 23.9. The van der Waals surface area contributed by atoms with Crippen LogP contribution in [0.15, 0.2) is 66.7 Å². The summed E-state index contributed by atoms with van der Waals surface area (Å²) in [5, 5.41) is 4.18. The summed E-state index contributed by atoms with van der Waals surface area (Å²) in [5.74, 6) is 1.32. The summed E-state index contributed by atoms with van der Waals surface area (Å²) in [4.78, 5) is 16.6. The van der Waals surface area contributed by atoms with Crippen molar-refractivity contribution in [1.29, 1.82) is 0 Å². The van der Waals surface area contributed by atoms with Crippen LogP contribution in [-0.4, -0.2) is 53.4 Å². The molecule has 0 aliphatic carbocycles. The maximum absolute atomic E-state index is 14.7. The number of fused-ring (bicyclic) bond motifs is 13. The second-order valence-electron chi connectivity index (χ2n) is 12.6. The van der Waals surface area contributed by atoms with Crippen molar-refractivity contribution in [2.45, 2.75) is 50.5 Å². The van der Waals surface area contributed by atoms with E-state index in [4.69, 9.17) is 24.7 Å². The number of methoxy groups -OCH3 is 3. The van der Waals surface area contributed by atoms with Crippen molar-refractivity contribution in [2.75, 3.05) is 21.3 Å². The molecule has 1 fully saturated rings. The van der Waals surface area contributed by atoms with Gasteiger partial charge in [0.1, 0.15) is 12.3 Å². The summed E-state index contributed by atoms with van der Waals surface area (Å²) in [7, 11) is 4.96. The standard InChI is InChI=1S/C36H34N4O5/c1-36-34(44-4)23(37)16-28(45-36)39-24-11-7-5-9-20(24)30-31-22(29-21-10-6-8-12-25(21)40(36)33(29)32(30)39)18-38(35(31)41)17-19-13-14-26(42-2)27(15-19)43-3/h5-15,23,28,34H,16-18,37H2,1-4H3/t23-,28-,34-,36+/m1/s1. The summed E-state index contributed by atoms with van der Waals surface area (Å²) in [6.45, 7) is 3.02. The molecule has 45 heavy (non-hydrogen) atoms. The fourth-order valence-corrected chi connectivity index (χ4v) is 8.57. The number of carbonyl (C=O) groups excluding carboxylic acids is 1. The maximum Gasteiger partial charge on any atom is 0.255 e. The van der Waals surface area contributed by atoms with E-state index in [0.717, 1.165) is 60.3 Å². The summed E-state index contributed by atoms with van der Waals surface area (Å²) >= 11 is 0. The SMILES string of the molecule is COc1ccc(CN2Cc3c(c4c5ccccc5n5c4c4c3c3ccccc3n4[C@@]3(C)O[C@@H]5C[C@@H](N)[C@H]3OC)C2=O)cc1OC. The first-order valence-electron chi connectivity index (χ1n) is 15.4. The Morgan fingerprint density at radius 2 is 1.62 bits per heavy atom. The monoisotopic (exact) mass is 602 g/mol. The smallest absolute Gasteiger partial charge is 0.255 e. The molecule has 228 valence electrons. The van der Waals surface area contributed by atoms with Crippen LogP contribution in [0.2, 0.25) is 0 Å². The molecule has 2 aromatic heterocycles. The van der Waals surface area contributed by atoms with Crippen molar-refractivity contribution in [1.82, 2.24) is 14.0 Å². The maximum atomic E-state index is 14.7. The third kappa shape index (κ3) is 3.30. The van der Waals surface area contributed by atoms with Crippen LogP contribution in [0.4, 0.5) is 0 Å². The van der Waals surface area contributed by atoms with Crippen LogP contribution < -0.4 is 15.2 Å². The van der Waals surface area contributed by atoms with E-state index < -0.39 is 5.72 Å². The molecule has 0 saturated carbocycles. The van der Waals surface area contributed by atoms with Gasteiger partial charge in [-0.05, 0) is 42.3 Å². The van der Waals surface area contributed by atoms with E-state index in [-0.39, 0.29) is 24.3 Å². The average molecular weight is 603 g/mol. The molecule has 0 radical (unpaired) electrons. The van der Waals surface area contributed by atoms with Crippen molar-refractivity contribution < 1.29 is 23.7 Å². The molecule has 0 spiro atoms. The van der Waals surface area contributed by atoms with Crippen molar-refractivity contribution >= 4 is 49.5 Å². The molecule has 5 heterocycles. The number of amides is 1. The minimum atomic E-state index is -0.887. The van der Waals surface area contributed by atoms with Crippen LogP contribution >= 0.6 is 0 Å². The lowest BCUT2D eigenvalue weighted by molar-refractivity contribution is -0.252. The van der Waals surface area contributed by atoms with E-state index in [0.29, 0.717) is 31.0 Å². The van der Waals surface area contributed by atoms with Crippen molar-refractivity contribution in [3.8, 4) is 11.5 Å². The Balaban J connectivity index is 1.39. The highest BCUT2D eigenvalue weighted by Gasteiger charge is 2.52. The molecule has 2 bridgehead atoms. The summed E-state index contributed by atoms with van der Waals surface area (Å²) in [5.41, 5.74) is 12.9. The second kappa shape index (κ2) is 9.23.